The predicted octanol–water partition coefficient (Wildman–Crippen LogP) is 0.953. The maximum Gasteiger partial charge on any atom is 0.323 e. The highest BCUT2D eigenvalue weighted by molar-refractivity contribution is 5.78. The molecule has 0 saturated carbocycles. The number of hydrogen-bond acceptors (Lipinski definition) is 3. The van der Waals surface area contributed by atoms with E-state index in [0.717, 1.165) is 11.5 Å². The Kier molecular flexibility index (Phi) is 3.70. The molecule has 1 aromatic heterocycles. The van der Waals surface area contributed by atoms with Crippen molar-refractivity contribution in [3.05, 3.63) is 17.7 Å². The first kappa shape index (κ1) is 12.7. The molecule has 90 valence electrons. The van der Waals surface area contributed by atoms with Gasteiger partial charge in [0.1, 0.15) is 11.4 Å². The lowest BCUT2D eigenvalue weighted by atomic mass is 9.98. The Balaban J connectivity index is 2.70. The molecule has 16 heavy (non-hydrogen) atoms. The standard InChI is InChI=1S/C11H19N3O2/c1-8-7-14(9(2)13-8)6-5-11(3,12-4)10(15)16/h7,12H,5-6H2,1-4H3,(H,15,16). The van der Waals surface area contributed by atoms with Crippen molar-refractivity contribution in [1.29, 1.82) is 0 Å². The highest BCUT2D eigenvalue weighted by Gasteiger charge is 2.30. The highest BCUT2D eigenvalue weighted by Crippen LogP contribution is 2.12. The molecular weight excluding hydrogens is 206 g/mol. The summed E-state index contributed by atoms with van der Waals surface area (Å²) in [6, 6.07) is 0. The van der Waals surface area contributed by atoms with Crippen LogP contribution in [0.2, 0.25) is 0 Å². The van der Waals surface area contributed by atoms with Crippen LogP contribution in [0.4, 0.5) is 0 Å². The van der Waals surface area contributed by atoms with Crippen LogP contribution in [-0.2, 0) is 11.3 Å². The van der Waals surface area contributed by atoms with Crippen LogP contribution in [0.25, 0.3) is 0 Å². The predicted molar refractivity (Wildman–Crippen MR) is 61.4 cm³/mol. The van der Waals surface area contributed by atoms with Gasteiger partial charge in [-0.3, -0.25) is 4.79 Å². The molecule has 0 aliphatic heterocycles. The van der Waals surface area contributed by atoms with E-state index in [-0.39, 0.29) is 0 Å². The minimum atomic E-state index is -0.884. The van der Waals surface area contributed by atoms with Gasteiger partial charge in [-0.2, -0.15) is 0 Å². The van der Waals surface area contributed by atoms with Gasteiger partial charge in [-0.25, -0.2) is 4.98 Å². The molecule has 1 rings (SSSR count). The van der Waals surface area contributed by atoms with Crippen molar-refractivity contribution in [2.24, 2.45) is 0 Å². The summed E-state index contributed by atoms with van der Waals surface area (Å²) in [6.07, 6.45) is 2.46. The molecule has 1 atom stereocenters. The average molecular weight is 225 g/mol. The summed E-state index contributed by atoms with van der Waals surface area (Å²) < 4.78 is 1.98. The molecule has 0 aliphatic carbocycles. The van der Waals surface area contributed by atoms with Crippen molar-refractivity contribution in [3.8, 4) is 0 Å². The molecule has 2 N–H and O–H groups in total. The Labute approximate surface area is 95.5 Å². The number of carbonyl (C=O) groups is 1. The van der Waals surface area contributed by atoms with Gasteiger partial charge in [0, 0.05) is 12.7 Å². The molecule has 0 bridgehead atoms. The average Bonchev–Trinajstić information content (AvgIpc) is 2.53. The number of aryl methyl sites for hydroxylation is 3. The minimum Gasteiger partial charge on any atom is -0.480 e. The van der Waals surface area contributed by atoms with E-state index in [1.54, 1.807) is 14.0 Å². The molecular formula is C11H19N3O2. The fourth-order valence-corrected chi connectivity index (χ4v) is 1.58. The van der Waals surface area contributed by atoms with Gasteiger partial charge in [-0.05, 0) is 34.2 Å². The van der Waals surface area contributed by atoms with Crippen LogP contribution in [0.1, 0.15) is 24.9 Å². The lowest BCUT2D eigenvalue weighted by Crippen LogP contribution is -2.48. The van der Waals surface area contributed by atoms with Crippen LogP contribution in [0.15, 0.2) is 6.20 Å². The van der Waals surface area contributed by atoms with Gasteiger partial charge < -0.3 is 15.0 Å². The van der Waals surface area contributed by atoms with Crippen molar-refractivity contribution >= 4 is 5.97 Å². The molecule has 0 amide bonds. The van der Waals surface area contributed by atoms with Gasteiger partial charge in [0.05, 0.1) is 5.69 Å². The minimum absolute atomic E-state index is 0.523. The van der Waals surface area contributed by atoms with Crippen LogP contribution in [0.5, 0.6) is 0 Å². The van der Waals surface area contributed by atoms with Crippen molar-refractivity contribution in [2.45, 2.75) is 39.3 Å². The molecule has 1 aromatic rings. The Morgan fingerprint density at radius 2 is 2.25 bits per heavy atom. The van der Waals surface area contributed by atoms with E-state index in [4.69, 9.17) is 5.11 Å². The smallest absolute Gasteiger partial charge is 0.323 e. The Morgan fingerprint density at radius 1 is 1.62 bits per heavy atom. The number of aliphatic carboxylic acids is 1. The van der Waals surface area contributed by atoms with Gasteiger partial charge in [-0.1, -0.05) is 0 Å². The van der Waals surface area contributed by atoms with Gasteiger partial charge in [0.25, 0.3) is 0 Å². The second kappa shape index (κ2) is 4.65. The normalized spacial score (nSPS) is 14.8. The lowest BCUT2D eigenvalue weighted by Gasteiger charge is -2.24. The Hall–Kier alpha value is -1.36. The summed E-state index contributed by atoms with van der Waals surface area (Å²) in [5, 5.41) is 11.9. The van der Waals surface area contributed by atoms with Crippen LogP contribution in [0, 0.1) is 13.8 Å². The zero-order chi connectivity index (χ0) is 12.3. The number of carboxylic acids is 1. The van der Waals surface area contributed by atoms with E-state index >= 15 is 0 Å². The summed E-state index contributed by atoms with van der Waals surface area (Å²) in [6.45, 7) is 6.19. The fraction of sp³-hybridized carbons (Fsp3) is 0.636. The van der Waals surface area contributed by atoms with Crippen molar-refractivity contribution in [2.75, 3.05) is 7.05 Å². The summed E-state index contributed by atoms with van der Waals surface area (Å²) in [5.41, 5.74) is 0.0731. The number of rotatable bonds is 5. The third-order valence-electron chi connectivity index (χ3n) is 2.97. The SMILES string of the molecule is CNC(C)(CCn1cc(C)nc1C)C(=O)O. The van der Waals surface area contributed by atoms with E-state index in [9.17, 15) is 4.79 Å². The van der Waals surface area contributed by atoms with Crippen LogP contribution < -0.4 is 5.32 Å². The molecule has 5 nitrogen and oxygen atoms in total. The van der Waals surface area contributed by atoms with E-state index in [0.29, 0.717) is 13.0 Å². The summed E-state index contributed by atoms with van der Waals surface area (Å²) >= 11 is 0. The second-order valence-electron chi connectivity index (χ2n) is 4.26. The first-order valence-electron chi connectivity index (χ1n) is 5.32. The van der Waals surface area contributed by atoms with E-state index in [1.165, 1.54) is 0 Å². The molecule has 0 saturated heterocycles. The highest BCUT2D eigenvalue weighted by atomic mass is 16.4. The number of carboxylic acid groups (broad SMARTS) is 1. The maximum atomic E-state index is 11.1. The van der Waals surface area contributed by atoms with Gasteiger partial charge in [0.15, 0.2) is 0 Å². The summed E-state index contributed by atoms with van der Waals surface area (Å²) in [4.78, 5) is 15.4. The largest absolute Gasteiger partial charge is 0.480 e. The van der Waals surface area contributed by atoms with Crippen LogP contribution in [-0.4, -0.2) is 33.2 Å². The van der Waals surface area contributed by atoms with E-state index in [2.05, 4.69) is 10.3 Å². The first-order chi connectivity index (χ1) is 7.39. The van der Waals surface area contributed by atoms with Crippen molar-refractivity contribution < 1.29 is 9.90 Å². The monoisotopic (exact) mass is 225 g/mol. The number of nitrogens with one attached hydrogen (secondary N) is 1. The van der Waals surface area contributed by atoms with Crippen LogP contribution >= 0.6 is 0 Å². The molecule has 1 unspecified atom stereocenters. The fourth-order valence-electron chi connectivity index (χ4n) is 1.58. The molecule has 0 radical (unpaired) electrons. The lowest BCUT2D eigenvalue weighted by molar-refractivity contribution is -0.144. The van der Waals surface area contributed by atoms with Crippen molar-refractivity contribution in [1.82, 2.24) is 14.9 Å². The molecule has 0 fully saturated rings. The van der Waals surface area contributed by atoms with Gasteiger partial charge in [0.2, 0.25) is 0 Å². The van der Waals surface area contributed by atoms with E-state index in [1.807, 2.05) is 24.6 Å². The van der Waals surface area contributed by atoms with Gasteiger partial charge in [-0.15, -0.1) is 0 Å². The number of imidazole rings is 1. The molecule has 0 aliphatic rings. The number of hydrogen-bond donors (Lipinski definition) is 2. The molecule has 0 spiro atoms. The van der Waals surface area contributed by atoms with Crippen molar-refractivity contribution in [3.63, 3.8) is 0 Å². The molecule has 5 heteroatoms. The Morgan fingerprint density at radius 3 is 2.62 bits per heavy atom. The number of aromatic nitrogens is 2. The van der Waals surface area contributed by atoms with E-state index < -0.39 is 11.5 Å². The zero-order valence-corrected chi connectivity index (χ0v) is 10.2. The number of nitrogens with zero attached hydrogens (tertiary/aromatic N) is 2. The third-order valence-corrected chi connectivity index (χ3v) is 2.97. The molecule has 0 aromatic carbocycles. The zero-order valence-electron chi connectivity index (χ0n) is 10.2. The summed E-state index contributed by atoms with van der Waals surface area (Å²) in [5.74, 6) is 0.0887. The second-order valence-corrected chi connectivity index (χ2v) is 4.26. The number of likely N-dealkylation sites (N-methyl/N-ethyl adjacent to an activating group) is 1. The van der Waals surface area contributed by atoms with Crippen LogP contribution in [0.3, 0.4) is 0 Å². The Bertz CT molecular complexity index is 387. The topological polar surface area (TPSA) is 67.2 Å². The van der Waals surface area contributed by atoms with Gasteiger partial charge >= 0.3 is 5.97 Å². The molecule has 1 heterocycles. The summed E-state index contributed by atoms with van der Waals surface area (Å²) in [7, 11) is 1.67. The third kappa shape index (κ3) is 2.61. The quantitative estimate of drug-likeness (QED) is 0.783. The maximum absolute atomic E-state index is 11.1. The first-order valence-corrected chi connectivity index (χ1v) is 5.32.